The van der Waals surface area contributed by atoms with Crippen molar-refractivity contribution in [2.24, 2.45) is 0 Å². The Labute approximate surface area is 142 Å². The summed E-state index contributed by atoms with van der Waals surface area (Å²) in [5.41, 5.74) is 1.79. The molecule has 0 fully saturated rings. The second kappa shape index (κ2) is 6.36. The first kappa shape index (κ1) is 16.6. The molecular formula is C18H21NO4S. The van der Waals surface area contributed by atoms with Crippen LogP contribution < -0.4 is 13.8 Å². The van der Waals surface area contributed by atoms with E-state index in [1.165, 1.54) is 24.6 Å². The second-order valence-corrected chi connectivity index (χ2v) is 7.67. The molecule has 0 saturated carbocycles. The van der Waals surface area contributed by atoms with Gasteiger partial charge in [0.1, 0.15) is 16.4 Å². The molecule has 0 spiro atoms. The molecule has 3 rings (SSSR count). The van der Waals surface area contributed by atoms with Crippen molar-refractivity contribution in [3.63, 3.8) is 0 Å². The zero-order chi connectivity index (χ0) is 17.3. The van der Waals surface area contributed by atoms with Crippen LogP contribution in [-0.4, -0.2) is 29.2 Å². The van der Waals surface area contributed by atoms with E-state index >= 15 is 0 Å². The number of sulfonamides is 1. The molecule has 24 heavy (non-hydrogen) atoms. The zero-order valence-electron chi connectivity index (χ0n) is 14.0. The summed E-state index contributed by atoms with van der Waals surface area (Å²) >= 11 is 0. The highest BCUT2D eigenvalue weighted by Crippen LogP contribution is 2.40. The lowest BCUT2D eigenvalue weighted by Gasteiger charge is -2.33. The smallest absolute Gasteiger partial charge is 0.268 e. The van der Waals surface area contributed by atoms with Crippen molar-refractivity contribution >= 4 is 15.7 Å². The molecule has 1 aliphatic heterocycles. The van der Waals surface area contributed by atoms with Gasteiger partial charge in [-0.1, -0.05) is 25.1 Å². The highest BCUT2D eigenvalue weighted by atomic mass is 32.2. The van der Waals surface area contributed by atoms with Gasteiger partial charge in [0.25, 0.3) is 10.0 Å². The van der Waals surface area contributed by atoms with Crippen LogP contribution in [0.2, 0.25) is 0 Å². The molecule has 0 aliphatic carbocycles. The summed E-state index contributed by atoms with van der Waals surface area (Å²) in [5, 5.41) is 0. The first-order valence-corrected chi connectivity index (χ1v) is 9.26. The fraction of sp³-hybridized carbons (Fsp3) is 0.333. The van der Waals surface area contributed by atoms with Gasteiger partial charge in [0.2, 0.25) is 0 Å². The Balaban J connectivity index is 2.14. The Morgan fingerprint density at radius 3 is 2.54 bits per heavy atom. The van der Waals surface area contributed by atoms with Crippen LogP contribution in [0, 0.1) is 0 Å². The molecule has 5 nitrogen and oxygen atoms in total. The Morgan fingerprint density at radius 2 is 1.83 bits per heavy atom. The van der Waals surface area contributed by atoms with Gasteiger partial charge in [-0.3, -0.25) is 4.31 Å². The maximum absolute atomic E-state index is 13.3. The van der Waals surface area contributed by atoms with Crippen LogP contribution in [0.1, 0.15) is 24.8 Å². The number of methoxy groups -OCH3 is 2. The highest BCUT2D eigenvalue weighted by molar-refractivity contribution is 7.93. The lowest BCUT2D eigenvalue weighted by Crippen LogP contribution is -2.36. The van der Waals surface area contributed by atoms with Crippen molar-refractivity contribution in [2.75, 3.05) is 25.1 Å². The highest BCUT2D eigenvalue weighted by Gasteiger charge is 2.33. The summed E-state index contributed by atoms with van der Waals surface area (Å²) < 4.78 is 38.5. The molecule has 0 bridgehead atoms. The van der Waals surface area contributed by atoms with Gasteiger partial charge < -0.3 is 9.47 Å². The van der Waals surface area contributed by atoms with Crippen LogP contribution in [0.4, 0.5) is 5.69 Å². The Kier molecular flexibility index (Phi) is 4.41. The molecule has 0 saturated heterocycles. The fourth-order valence-electron chi connectivity index (χ4n) is 3.07. The number of ether oxygens (including phenoxy) is 2. The topological polar surface area (TPSA) is 55.8 Å². The summed E-state index contributed by atoms with van der Waals surface area (Å²) in [5.74, 6) is 1.12. The van der Waals surface area contributed by atoms with E-state index < -0.39 is 10.0 Å². The molecule has 1 unspecified atom stereocenters. The lowest BCUT2D eigenvalue weighted by molar-refractivity contribution is 0.392. The third-order valence-corrected chi connectivity index (χ3v) is 6.27. The molecule has 0 amide bonds. The first-order valence-electron chi connectivity index (χ1n) is 7.82. The quantitative estimate of drug-likeness (QED) is 0.850. The van der Waals surface area contributed by atoms with Gasteiger partial charge >= 0.3 is 0 Å². The van der Waals surface area contributed by atoms with Crippen LogP contribution >= 0.6 is 0 Å². The van der Waals surface area contributed by atoms with Gasteiger partial charge in [-0.25, -0.2) is 8.42 Å². The number of benzene rings is 2. The minimum atomic E-state index is -3.75. The third kappa shape index (κ3) is 2.71. The Morgan fingerprint density at radius 1 is 1.08 bits per heavy atom. The number of hydrogen-bond donors (Lipinski definition) is 0. The van der Waals surface area contributed by atoms with Gasteiger partial charge in [-0.2, -0.15) is 0 Å². The molecular weight excluding hydrogens is 326 g/mol. The number of hydrogen-bond acceptors (Lipinski definition) is 4. The van der Waals surface area contributed by atoms with E-state index in [0.717, 1.165) is 17.7 Å². The standard InChI is InChI=1S/C18H21NO4S/c1-13-10-11-19(16-7-5-4-6-15(13)16)24(20,21)18-12-14(22-2)8-9-17(18)23-3/h4-9,12-13H,10-11H2,1-3H3. The molecule has 6 heteroatoms. The van der Waals surface area contributed by atoms with Crippen molar-refractivity contribution < 1.29 is 17.9 Å². The minimum absolute atomic E-state index is 0.119. The monoisotopic (exact) mass is 347 g/mol. The molecule has 0 N–H and O–H groups in total. The number of fused-ring (bicyclic) bond motifs is 1. The summed E-state index contributed by atoms with van der Waals surface area (Å²) in [4.78, 5) is 0.119. The average Bonchev–Trinajstić information content (AvgIpc) is 2.61. The SMILES string of the molecule is COc1ccc(OC)c(S(=O)(=O)N2CCC(C)c3ccccc32)c1. The van der Waals surface area contributed by atoms with Gasteiger partial charge in [-0.05, 0) is 36.1 Å². The number of rotatable bonds is 4. The minimum Gasteiger partial charge on any atom is -0.497 e. The second-order valence-electron chi connectivity index (χ2n) is 5.84. The van der Waals surface area contributed by atoms with E-state index in [1.807, 2.05) is 24.3 Å². The van der Waals surface area contributed by atoms with Gasteiger partial charge in [-0.15, -0.1) is 0 Å². The van der Waals surface area contributed by atoms with E-state index in [2.05, 4.69) is 6.92 Å². The predicted molar refractivity (Wildman–Crippen MR) is 93.6 cm³/mol. The van der Waals surface area contributed by atoms with Gasteiger partial charge in [0, 0.05) is 12.6 Å². The van der Waals surface area contributed by atoms with Crippen molar-refractivity contribution in [3.8, 4) is 11.5 Å². The van der Waals surface area contributed by atoms with E-state index in [0.29, 0.717) is 24.0 Å². The Bertz CT molecular complexity index is 848. The van der Waals surface area contributed by atoms with E-state index in [-0.39, 0.29) is 4.90 Å². The van der Waals surface area contributed by atoms with Crippen LogP contribution in [0.25, 0.3) is 0 Å². The molecule has 0 aromatic heterocycles. The summed E-state index contributed by atoms with van der Waals surface area (Å²) in [7, 11) is -0.771. The van der Waals surface area contributed by atoms with Crippen molar-refractivity contribution in [1.82, 2.24) is 0 Å². The summed E-state index contributed by atoms with van der Waals surface area (Å²) in [6, 6.07) is 12.5. The molecule has 1 aliphatic rings. The van der Waals surface area contributed by atoms with Crippen molar-refractivity contribution in [3.05, 3.63) is 48.0 Å². The molecule has 1 atom stereocenters. The molecule has 1 heterocycles. The van der Waals surface area contributed by atoms with Crippen LogP contribution in [0.3, 0.4) is 0 Å². The normalized spacial score (nSPS) is 17.3. The van der Waals surface area contributed by atoms with E-state index in [1.54, 1.807) is 12.1 Å². The van der Waals surface area contributed by atoms with Gasteiger partial charge in [0.15, 0.2) is 0 Å². The maximum atomic E-state index is 13.3. The van der Waals surface area contributed by atoms with Crippen molar-refractivity contribution in [1.29, 1.82) is 0 Å². The van der Waals surface area contributed by atoms with Crippen LogP contribution in [0.15, 0.2) is 47.4 Å². The van der Waals surface area contributed by atoms with E-state index in [4.69, 9.17) is 9.47 Å². The molecule has 2 aromatic rings. The number of nitrogens with zero attached hydrogens (tertiary/aromatic N) is 1. The third-order valence-electron chi connectivity index (χ3n) is 4.44. The molecule has 2 aromatic carbocycles. The fourth-order valence-corrected chi connectivity index (χ4v) is 4.75. The summed E-state index contributed by atoms with van der Waals surface area (Å²) in [6.07, 6.45) is 0.780. The number of anilines is 1. The largest absolute Gasteiger partial charge is 0.497 e. The molecule has 128 valence electrons. The van der Waals surface area contributed by atoms with Crippen molar-refractivity contribution in [2.45, 2.75) is 24.2 Å². The Hall–Kier alpha value is -2.21. The zero-order valence-corrected chi connectivity index (χ0v) is 14.8. The van der Waals surface area contributed by atoms with E-state index in [9.17, 15) is 8.42 Å². The maximum Gasteiger partial charge on any atom is 0.268 e. The van der Waals surface area contributed by atoms with Crippen LogP contribution in [-0.2, 0) is 10.0 Å². The number of para-hydroxylation sites is 1. The average molecular weight is 347 g/mol. The van der Waals surface area contributed by atoms with Gasteiger partial charge in [0.05, 0.1) is 19.9 Å². The predicted octanol–water partition coefficient (Wildman–Crippen LogP) is 3.41. The first-order chi connectivity index (χ1) is 11.5. The van der Waals surface area contributed by atoms with Crippen LogP contribution in [0.5, 0.6) is 11.5 Å². The molecule has 0 radical (unpaired) electrons. The lowest BCUT2D eigenvalue weighted by atomic mass is 9.93. The summed E-state index contributed by atoms with van der Waals surface area (Å²) in [6.45, 7) is 2.57.